The molecule has 0 heterocycles. The van der Waals surface area contributed by atoms with E-state index >= 15 is 0 Å². The number of Topliss-reactive ketones (excluding diaryl/α,β-unsaturated/α-hetero) is 1. The van der Waals surface area contributed by atoms with E-state index in [0.29, 0.717) is 24.2 Å². The molecule has 1 saturated carbocycles. The smallest absolute Gasteiger partial charge is 0.306 e. The number of hydrogen-bond donors (Lipinski definition) is 1. The molecule has 0 spiro atoms. The Morgan fingerprint density at radius 3 is 2.75 bits per heavy atom. The number of hydrogen-bond acceptors (Lipinski definition) is 3. The maximum atomic E-state index is 12.3. The lowest BCUT2D eigenvalue weighted by atomic mass is 9.78. The predicted octanol–water partition coefficient (Wildman–Crippen LogP) is 3.16. The molecule has 0 unspecified atom stereocenters. The number of para-hydroxylation sites is 1. The van der Waals surface area contributed by atoms with Gasteiger partial charge in [0, 0.05) is 6.42 Å². The quantitative estimate of drug-likeness (QED) is 0.839. The molecule has 4 nitrogen and oxygen atoms in total. The molecular weight excluding hydrogens is 256 g/mol. The Labute approximate surface area is 118 Å². The molecule has 1 aliphatic carbocycles. The monoisotopic (exact) mass is 276 g/mol. The molecule has 0 aromatic heterocycles. The van der Waals surface area contributed by atoms with Gasteiger partial charge in [0.25, 0.3) is 0 Å². The van der Waals surface area contributed by atoms with Crippen molar-refractivity contribution in [3.63, 3.8) is 0 Å². The second-order valence-corrected chi connectivity index (χ2v) is 5.40. The summed E-state index contributed by atoms with van der Waals surface area (Å²) in [5.41, 5.74) is 0.590. The van der Waals surface area contributed by atoms with Crippen LogP contribution >= 0.6 is 0 Å². The molecule has 1 N–H and O–H groups in total. The van der Waals surface area contributed by atoms with Gasteiger partial charge in [-0.15, -0.1) is 0 Å². The number of aliphatic carboxylic acids is 1. The molecule has 1 aliphatic rings. The summed E-state index contributed by atoms with van der Waals surface area (Å²) in [5, 5.41) is 9.08. The average molecular weight is 276 g/mol. The van der Waals surface area contributed by atoms with Gasteiger partial charge in [-0.05, 0) is 37.3 Å². The highest BCUT2D eigenvalue weighted by molar-refractivity contribution is 5.98. The van der Waals surface area contributed by atoms with E-state index in [1.165, 1.54) is 0 Å². The molecule has 4 heteroatoms. The molecule has 1 fully saturated rings. The van der Waals surface area contributed by atoms with Crippen LogP contribution in [0.4, 0.5) is 0 Å². The molecule has 0 saturated heterocycles. The number of carboxylic acid groups (broad SMARTS) is 1. The first-order chi connectivity index (χ1) is 9.61. The minimum atomic E-state index is -0.737. The average Bonchev–Trinajstić information content (AvgIpc) is 2.47. The van der Waals surface area contributed by atoms with Crippen molar-refractivity contribution in [1.29, 1.82) is 0 Å². The fraction of sp³-hybridized carbons (Fsp3) is 0.500. The molecule has 0 radical (unpaired) electrons. The Hall–Kier alpha value is -1.84. The fourth-order valence-corrected chi connectivity index (χ4v) is 2.95. The van der Waals surface area contributed by atoms with Gasteiger partial charge in [0.15, 0.2) is 5.78 Å². The van der Waals surface area contributed by atoms with Crippen LogP contribution in [0.5, 0.6) is 5.75 Å². The molecule has 1 aromatic rings. The number of carboxylic acids is 1. The number of rotatable bonds is 5. The lowest BCUT2D eigenvalue weighted by Crippen LogP contribution is -2.24. The lowest BCUT2D eigenvalue weighted by Gasteiger charge is -2.26. The van der Waals surface area contributed by atoms with Gasteiger partial charge in [0.2, 0.25) is 0 Å². The summed E-state index contributed by atoms with van der Waals surface area (Å²) in [4.78, 5) is 23.4. The Bertz CT molecular complexity index is 495. The third kappa shape index (κ3) is 3.38. The lowest BCUT2D eigenvalue weighted by molar-refractivity contribution is -0.143. The van der Waals surface area contributed by atoms with Crippen LogP contribution < -0.4 is 4.74 Å². The van der Waals surface area contributed by atoms with E-state index in [2.05, 4.69) is 0 Å². The molecule has 20 heavy (non-hydrogen) atoms. The first-order valence-electron chi connectivity index (χ1n) is 7.01. The molecule has 2 atom stereocenters. The van der Waals surface area contributed by atoms with Crippen molar-refractivity contribution in [2.75, 3.05) is 7.11 Å². The maximum absolute atomic E-state index is 12.3. The summed E-state index contributed by atoms with van der Waals surface area (Å²) < 4.78 is 5.20. The Kier molecular flexibility index (Phi) is 4.77. The highest BCUT2D eigenvalue weighted by Crippen LogP contribution is 2.33. The predicted molar refractivity (Wildman–Crippen MR) is 75.0 cm³/mol. The van der Waals surface area contributed by atoms with Crippen molar-refractivity contribution in [1.82, 2.24) is 0 Å². The largest absolute Gasteiger partial charge is 0.496 e. The van der Waals surface area contributed by atoms with E-state index in [0.717, 1.165) is 19.3 Å². The van der Waals surface area contributed by atoms with Crippen LogP contribution in [-0.2, 0) is 4.79 Å². The highest BCUT2D eigenvalue weighted by Gasteiger charge is 2.28. The topological polar surface area (TPSA) is 63.6 Å². The molecule has 2 rings (SSSR count). The Morgan fingerprint density at radius 2 is 2.05 bits per heavy atom. The number of ether oxygens (including phenoxy) is 1. The van der Waals surface area contributed by atoms with E-state index in [-0.39, 0.29) is 17.6 Å². The van der Waals surface area contributed by atoms with Gasteiger partial charge < -0.3 is 9.84 Å². The first-order valence-corrected chi connectivity index (χ1v) is 7.01. The van der Waals surface area contributed by atoms with Gasteiger partial charge in [0.1, 0.15) is 5.75 Å². The van der Waals surface area contributed by atoms with Gasteiger partial charge in [-0.1, -0.05) is 18.6 Å². The van der Waals surface area contributed by atoms with Crippen LogP contribution in [0.2, 0.25) is 0 Å². The van der Waals surface area contributed by atoms with Crippen LogP contribution in [0.3, 0.4) is 0 Å². The van der Waals surface area contributed by atoms with Gasteiger partial charge in [-0.2, -0.15) is 0 Å². The minimum absolute atomic E-state index is 0.0403. The van der Waals surface area contributed by atoms with E-state index in [1.54, 1.807) is 19.2 Å². The third-order valence-corrected chi connectivity index (χ3v) is 4.01. The van der Waals surface area contributed by atoms with Crippen LogP contribution in [-0.4, -0.2) is 24.0 Å². The van der Waals surface area contributed by atoms with Crippen LogP contribution in [0.1, 0.15) is 42.5 Å². The molecule has 1 aromatic carbocycles. The van der Waals surface area contributed by atoms with Crippen molar-refractivity contribution in [2.45, 2.75) is 32.1 Å². The molecular formula is C16H20O4. The summed E-state index contributed by atoms with van der Waals surface area (Å²) in [6, 6.07) is 7.18. The molecule has 108 valence electrons. The molecule has 0 bridgehead atoms. The number of benzene rings is 1. The van der Waals surface area contributed by atoms with Crippen LogP contribution in [0.25, 0.3) is 0 Å². The summed E-state index contributed by atoms with van der Waals surface area (Å²) in [6.45, 7) is 0. The third-order valence-electron chi connectivity index (χ3n) is 4.01. The van der Waals surface area contributed by atoms with Crippen molar-refractivity contribution in [3.05, 3.63) is 29.8 Å². The number of carbonyl (C=O) groups is 2. The molecule has 0 aliphatic heterocycles. The fourth-order valence-electron chi connectivity index (χ4n) is 2.95. The second-order valence-electron chi connectivity index (χ2n) is 5.40. The summed E-state index contributed by atoms with van der Waals surface area (Å²) in [5.74, 6) is -0.234. The van der Waals surface area contributed by atoms with E-state index in [9.17, 15) is 9.59 Å². The van der Waals surface area contributed by atoms with Crippen molar-refractivity contribution in [2.24, 2.45) is 11.8 Å². The summed E-state index contributed by atoms with van der Waals surface area (Å²) in [6.07, 6.45) is 3.57. The van der Waals surface area contributed by atoms with Gasteiger partial charge in [-0.25, -0.2) is 0 Å². The molecule has 0 amide bonds. The van der Waals surface area contributed by atoms with Crippen LogP contribution in [0.15, 0.2) is 24.3 Å². The summed E-state index contributed by atoms with van der Waals surface area (Å²) in [7, 11) is 1.55. The van der Waals surface area contributed by atoms with Gasteiger partial charge in [0.05, 0.1) is 18.6 Å². The normalized spacial score (nSPS) is 22.2. The van der Waals surface area contributed by atoms with E-state index in [1.807, 2.05) is 12.1 Å². The van der Waals surface area contributed by atoms with Crippen LogP contribution in [0, 0.1) is 11.8 Å². The van der Waals surface area contributed by atoms with Crippen molar-refractivity contribution in [3.8, 4) is 5.75 Å². The zero-order chi connectivity index (χ0) is 14.5. The SMILES string of the molecule is COc1ccccc1C(=O)C[C@@H]1CCC[C@H](C(=O)O)C1. The standard InChI is InChI=1S/C16H20O4/c1-20-15-8-3-2-7-13(15)14(17)10-11-5-4-6-12(9-11)16(18)19/h2-3,7-8,11-12H,4-6,9-10H2,1H3,(H,18,19)/t11-,12+/m1/s1. The highest BCUT2D eigenvalue weighted by atomic mass is 16.5. The Balaban J connectivity index is 2.02. The summed E-state index contributed by atoms with van der Waals surface area (Å²) >= 11 is 0. The zero-order valence-corrected chi connectivity index (χ0v) is 11.7. The number of ketones is 1. The number of carbonyl (C=O) groups excluding carboxylic acids is 1. The minimum Gasteiger partial charge on any atom is -0.496 e. The number of methoxy groups -OCH3 is 1. The first kappa shape index (κ1) is 14.6. The van der Waals surface area contributed by atoms with E-state index in [4.69, 9.17) is 9.84 Å². The second kappa shape index (κ2) is 6.55. The van der Waals surface area contributed by atoms with Crippen molar-refractivity contribution < 1.29 is 19.4 Å². The zero-order valence-electron chi connectivity index (χ0n) is 11.7. The maximum Gasteiger partial charge on any atom is 0.306 e. The van der Waals surface area contributed by atoms with Gasteiger partial charge in [-0.3, -0.25) is 9.59 Å². The van der Waals surface area contributed by atoms with Crippen molar-refractivity contribution >= 4 is 11.8 Å². The Morgan fingerprint density at radius 1 is 1.30 bits per heavy atom. The van der Waals surface area contributed by atoms with Gasteiger partial charge >= 0.3 is 5.97 Å². The van der Waals surface area contributed by atoms with E-state index < -0.39 is 5.97 Å².